The second kappa shape index (κ2) is 11.0. The molecule has 1 aliphatic heterocycles. The highest BCUT2D eigenvalue weighted by molar-refractivity contribution is 7.12. The van der Waals surface area contributed by atoms with Gasteiger partial charge in [-0.15, -0.1) is 21.6 Å². The number of azo groups is 1. The van der Waals surface area contributed by atoms with Gasteiger partial charge in [0.2, 0.25) is 5.13 Å². The molecule has 0 aliphatic carbocycles. The second-order valence-electron chi connectivity index (χ2n) is 10.6. The minimum absolute atomic E-state index is 0.00147. The van der Waals surface area contributed by atoms with Crippen LogP contribution in [0.5, 0.6) is 0 Å². The molecule has 0 saturated carbocycles. The minimum Gasteiger partial charge on any atom is -0.339 e. The monoisotopic (exact) mass is 559 g/mol. The Kier molecular flexibility index (Phi) is 7.44. The molecule has 0 atom stereocenters. The number of nitrogens with one attached hydrogen (secondary N) is 1. The number of aromatic nitrogens is 3. The first-order valence-corrected chi connectivity index (χ1v) is 13.9. The lowest BCUT2D eigenvalue weighted by Crippen LogP contribution is -2.35. The number of nitro groups is 1. The molecule has 0 spiro atoms. The van der Waals surface area contributed by atoms with Gasteiger partial charge in [-0.25, -0.2) is 4.98 Å². The molecule has 1 aliphatic rings. The average molecular weight is 560 g/mol. The summed E-state index contributed by atoms with van der Waals surface area (Å²) < 4.78 is 1.30. The fraction of sp³-hybridized carbons (Fsp3) is 0.321. The molecule has 3 heterocycles. The van der Waals surface area contributed by atoms with Gasteiger partial charge in [-0.05, 0) is 43.5 Å². The van der Waals surface area contributed by atoms with E-state index in [1.165, 1.54) is 28.2 Å². The van der Waals surface area contributed by atoms with Crippen molar-refractivity contribution in [3.8, 4) is 16.4 Å². The lowest BCUT2D eigenvalue weighted by Gasteiger charge is -2.27. The number of benzene rings is 2. The summed E-state index contributed by atoms with van der Waals surface area (Å²) in [6, 6.07) is 12.7. The summed E-state index contributed by atoms with van der Waals surface area (Å²) in [4.78, 5) is 44.0. The predicted molar refractivity (Wildman–Crippen MR) is 153 cm³/mol. The van der Waals surface area contributed by atoms with Crippen LogP contribution in [-0.4, -0.2) is 43.6 Å². The van der Waals surface area contributed by atoms with Gasteiger partial charge in [0.15, 0.2) is 5.69 Å². The van der Waals surface area contributed by atoms with Crippen molar-refractivity contribution in [1.29, 1.82) is 0 Å². The van der Waals surface area contributed by atoms with E-state index in [4.69, 9.17) is 0 Å². The van der Waals surface area contributed by atoms with Crippen molar-refractivity contribution in [2.75, 3.05) is 13.1 Å². The van der Waals surface area contributed by atoms with Crippen molar-refractivity contribution >= 4 is 34.3 Å². The fourth-order valence-electron chi connectivity index (χ4n) is 4.43. The van der Waals surface area contributed by atoms with E-state index in [1.807, 2.05) is 31.1 Å². The summed E-state index contributed by atoms with van der Waals surface area (Å²) >= 11 is 1.31. The summed E-state index contributed by atoms with van der Waals surface area (Å²) in [5.74, 6) is -0.117. The quantitative estimate of drug-likeness (QED) is 0.162. The van der Waals surface area contributed by atoms with Gasteiger partial charge in [0, 0.05) is 41.6 Å². The normalized spacial score (nSPS) is 14.1. The molecule has 2 aromatic carbocycles. The van der Waals surface area contributed by atoms with Crippen LogP contribution in [0.15, 0.2) is 68.9 Å². The highest BCUT2D eigenvalue weighted by Gasteiger charge is 2.24. The Labute approximate surface area is 234 Å². The number of carbonyl (C=O) groups excluding carboxylic acids is 1. The molecular formula is C28H29N7O4S. The number of rotatable bonds is 6. The van der Waals surface area contributed by atoms with E-state index in [0.717, 1.165) is 25.0 Å². The van der Waals surface area contributed by atoms with Crippen LogP contribution >= 0.6 is 11.3 Å². The number of piperidine rings is 1. The number of hydrogen-bond acceptors (Lipinski definition) is 8. The van der Waals surface area contributed by atoms with Crippen LogP contribution in [0.1, 0.15) is 56.1 Å². The van der Waals surface area contributed by atoms with Crippen LogP contribution in [0.25, 0.3) is 16.4 Å². The van der Waals surface area contributed by atoms with Crippen molar-refractivity contribution < 1.29 is 9.72 Å². The number of non-ortho nitro benzene ring substituents is 1. The predicted octanol–water partition coefficient (Wildman–Crippen LogP) is 6.54. The van der Waals surface area contributed by atoms with Gasteiger partial charge in [0.25, 0.3) is 11.6 Å². The Morgan fingerprint density at radius 2 is 1.75 bits per heavy atom. The molecule has 0 unspecified atom stereocenters. The van der Waals surface area contributed by atoms with Crippen molar-refractivity contribution in [3.05, 3.63) is 85.6 Å². The number of H-pyrrole nitrogens is 1. The zero-order chi connectivity index (χ0) is 28.4. The third-order valence-electron chi connectivity index (χ3n) is 6.72. The Balaban J connectivity index is 1.58. The molecule has 40 heavy (non-hydrogen) atoms. The zero-order valence-corrected chi connectivity index (χ0v) is 23.3. The largest absolute Gasteiger partial charge is 0.339 e. The molecule has 5 rings (SSSR count). The number of amides is 1. The van der Waals surface area contributed by atoms with Gasteiger partial charge >= 0.3 is 5.56 Å². The van der Waals surface area contributed by atoms with Gasteiger partial charge in [-0.2, -0.15) is 4.68 Å². The molecular weight excluding hydrogens is 530 g/mol. The molecule has 1 N–H and O–H groups in total. The van der Waals surface area contributed by atoms with Crippen LogP contribution in [0.4, 0.5) is 17.1 Å². The van der Waals surface area contributed by atoms with E-state index in [9.17, 15) is 19.7 Å². The molecule has 1 saturated heterocycles. The minimum atomic E-state index is -0.488. The molecule has 11 nitrogen and oxygen atoms in total. The maximum Gasteiger partial charge on any atom is 0.301 e. The molecule has 4 aromatic rings. The van der Waals surface area contributed by atoms with Crippen LogP contribution in [-0.2, 0) is 5.41 Å². The van der Waals surface area contributed by atoms with Crippen LogP contribution in [0.2, 0.25) is 0 Å². The molecule has 206 valence electrons. The van der Waals surface area contributed by atoms with E-state index in [2.05, 4.69) is 20.3 Å². The van der Waals surface area contributed by atoms with E-state index >= 15 is 0 Å². The first-order valence-electron chi connectivity index (χ1n) is 13.0. The smallest absolute Gasteiger partial charge is 0.301 e. The van der Waals surface area contributed by atoms with E-state index in [0.29, 0.717) is 40.7 Å². The Hall–Kier alpha value is -4.45. The first-order chi connectivity index (χ1) is 19.1. The SMILES string of the molecule is CC(C)(C)c1csc(-n2[nH]c(-c3ccc([N+](=O)[O-])cc3)c(N=Nc3ccccc3C(=O)N3CCCCC3)c2=O)n1. The Morgan fingerprint density at radius 3 is 2.40 bits per heavy atom. The van der Waals surface area contributed by atoms with Gasteiger partial charge in [0.05, 0.1) is 27.6 Å². The zero-order valence-electron chi connectivity index (χ0n) is 22.5. The lowest BCUT2D eigenvalue weighted by atomic mass is 9.93. The Morgan fingerprint density at radius 1 is 1.05 bits per heavy atom. The van der Waals surface area contributed by atoms with Crippen LogP contribution < -0.4 is 5.56 Å². The number of carbonyl (C=O) groups is 1. The molecule has 0 bridgehead atoms. The van der Waals surface area contributed by atoms with Gasteiger partial charge in [-0.1, -0.05) is 32.9 Å². The third-order valence-corrected chi connectivity index (χ3v) is 7.55. The summed E-state index contributed by atoms with van der Waals surface area (Å²) in [5.41, 5.74) is 1.68. The number of hydrogen-bond donors (Lipinski definition) is 1. The number of thiazole rings is 1. The van der Waals surface area contributed by atoms with Crippen LogP contribution in [0.3, 0.4) is 0 Å². The lowest BCUT2D eigenvalue weighted by molar-refractivity contribution is -0.384. The standard InChI is InChI=1S/C28H29N7O4S/c1-28(2,3)22-17-40-27(29-22)34-26(37)24(23(32-34)18-11-13-19(14-12-18)35(38)39)31-30-21-10-6-5-9-20(21)25(36)33-15-7-4-8-16-33/h5-6,9-14,17,32H,4,7-8,15-16H2,1-3H3. The summed E-state index contributed by atoms with van der Waals surface area (Å²) in [6.07, 6.45) is 3.03. The maximum atomic E-state index is 13.6. The molecule has 12 heteroatoms. The van der Waals surface area contributed by atoms with Crippen molar-refractivity contribution in [2.45, 2.75) is 45.4 Å². The molecule has 1 amide bonds. The number of likely N-dealkylation sites (tertiary alicyclic amines) is 1. The number of nitro benzene ring substituents is 1. The summed E-state index contributed by atoms with van der Waals surface area (Å²) in [7, 11) is 0. The first kappa shape index (κ1) is 27.1. The van der Waals surface area contributed by atoms with E-state index < -0.39 is 10.5 Å². The highest BCUT2D eigenvalue weighted by atomic mass is 32.1. The molecule has 1 fully saturated rings. The van der Waals surface area contributed by atoms with Gasteiger partial charge in [0.1, 0.15) is 0 Å². The number of aromatic amines is 1. The van der Waals surface area contributed by atoms with Gasteiger partial charge in [-0.3, -0.25) is 24.8 Å². The Bertz CT molecular complexity index is 1640. The van der Waals surface area contributed by atoms with Crippen molar-refractivity contribution in [3.63, 3.8) is 0 Å². The van der Waals surface area contributed by atoms with Gasteiger partial charge < -0.3 is 4.90 Å². The number of nitrogens with zero attached hydrogens (tertiary/aromatic N) is 6. The topological polar surface area (TPSA) is 139 Å². The van der Waals surface area contributed by atoms with E-state index in [-0.39, 0.29) is 22.7 Å². The van der Waals surface area contributed by atoms with Crippen molar-refractivity contribution in [1.82, 2.24) is 19.7 Å². The van der Waals surface area contributed by atoms with Crippen LogP contribution in [0, 0.1) is 10.1 Å². The third kappa shape index (κ3) is 5.48. The molecule has 2 aromatic heterocycles. The maximum absolute atomic E-state index is 13.6. The van der Waals surface area contributed by atoms with E-state index in [1.54, 1.807) is 36.4 Å². The highest BCUT2D eigenvalue weighted by Crippen LogP contribution is 2.32. The fourth-order valence-corrected chi connectivity index (χ4v) is 5.44. The van der Waals surface area contributed by atoms with Crippen molar-refractivity contribution in [2.24, 2.45) is 10.2 Å². The average Bonchev–Trinajstić information content (AvgIpc) is 3.57. The molecule has 0 radical (unpaired) electrons. The second-order valence-corrected chi connectivity index (χ2v) is 11.5. The summed E-state index contributed by atoms with van der Waals surface area (Å²) in [5, 5.41) is 25.3. The summed E-state index contributed by atoms with van der Waals surface area (Å²) in [6.45, 7) is 7.50.